The standard InChI is InChI=1S/C17H20FN3O4/c1-9(2)6-12(17(24)25)19-16(23)15-14(22)8-21(20-15)13-5-4-11(18)7-10(13)3/h4-5,7-9,12,22H,6H2,1-3H3,(H,19,23)(H,24,25). The Bertz CT molecular complexity index is 801. The molecular weight excluding hydrogens is 329 g/mol. The highest BCUT2D eigenvalue weighted by molar-refractivity contribution is 5.97. The lowest BCUT2D eigenvalue weighted by molar-refractivity contribution is -0.139. The van der Waals surface area contributed by atoms with Crippen LogP contribution in [-0.2, 0) is 4.79 Å². The molecule has 1 aromatic heterocycles. The van der Waals surface area contributed by atoms with E-state index in [1.165, 1.54) is 29.1 Å². The minimum Gasteiger partial charge on any atom is -0.504 e. The first kappa shape index (κ1) is 18.4. The molecule has 2 aromatic rings. The summed E-state index contributed by atoms with van der Waals surface area (Å²) in [7, 11) is 0. The van der Waals surface area contributed by atoms with E-state index in [0.717, 1.165) is 0 Å². The molecule has 2 rings (SSSR count). The fourth-order valence-corrected chi connectivity index (χ4v) is 2.45. The van der Waals surface area contributed by atoms with Gasteiger partial charge in [0.1, 0.15) is 11.9 Å². The number of carbonyl (C=O) groups is 2. The normalized spacial score (nSPS) is 12.2. The predicted molar refractivity (Wildman–Crippen MR) is 88.3 cm³/mol. The number of carboxylic acids is 1. The van der Waals surface area contributed by atoms with E-state index in [1.54, 1.807) is 6.92 Å². The van der Waals surface area contributed by atoms with Crippen LogP contribution in [0.3, 0.4) is 0 Å². The van der Waals surface area contributed by atoms with Crippen molar-refractivity contribution in [2.45, 2.75) is 33.2 Å². The van der Waals surface area contributed by atoms with Crippen LogP contribution in [0, 0.1) is 18.7 Å². The van der Waals surface area contributed by atoms with Crippen molar-refractivity contribution in [3.8, 4) is 11.4 Å². The first-order valence-electron chi connectivity index (χ1n) is 7.78. The van der Waals surface area contributed by atoms with Gasteiger partial charge in [0.15, 0.2) is 11.4 Å². The number of hydrogen-bond acceptors (Lipinski definition) is 4. The number of carboxylic acid groups (broad SMARTS) is 1. The van der Waals surface area contributed by atoms with Crippen LogP contribution in [0.4, 0.5) is 4.39 Å². The van der Waals surface area contributed by atoms with Gasteiger partial charge in [-0.25, -0.2) is 13.9 Å². The Morgan fingerprint density at radius 1 is 1.36 bits per heavy atom. The first-order chi connectivity index (χ1) is 11.7. The average molecular weight is 349 g/mol. The van der Waals surface area contributed by atoms with Crippen LogP contribution >= 0.6 is 0 Å². The Morgan fingerprint density at radius 3 is 2.60 bits per heavy atom. The largest absolute Gasteiger partial charge is 0.504 e. The molecule has 1 amide bonds. The lowest BCUT2D eigenvalue weighted by Crippen LogP contribution is -2.41. The second-order valence-corrected chi connectivity index (χ2v) is 6.23. The quantitative estimate of drug-likeness (QED) is 0.742. The molecule has 1 aromatic carbocycles. The molecule has 8 heteroatoms. The zero-order valence-corrected chi connectivity index (χ0v) is 14.2. The van der Waals surface area contributed by atoms with Crippen LogP contribution in [0.25, 0.3) is 5.69 Å². The van der Waals surface area contributed by atoms with Crippen molar-refractivity contribution in [1.82, 2.24) is 15.1 Å². The van der Waals surface area contributed by atoms with Crippen molar-refractivity contribution in [2.24, 2.45) is 5.92 Å². The van der Waals surface area contributed by atoms with Gasteiger partial charge in [0, 0.05) is 0 Å². The first-order valence-corrected chi connectivity index (χ1v) is 7.78. The van der Waals surface area contributed by atoms with E-state index in [9.17, 15) is 24.2 Å². The summed E-state index contributed by atoms with van der Waals surface area (Å²) in [6.07, 6.45) is 1.47. The number of carbonyl (C=O) groups excluding carboxylic acids is 1. The molecule has 0 saturated heterocycles. The van der Waals surface area contributed by atoms with Crippen molar-refractivity contribution in [1.29, 1.82) is 0 Å². The molecule has 0 saturated carbocycles. The number of aryl methyl sites for hydroxylation is 1. The van der Waals surface area contributed by atoms with Crippen molar-refractivity contribution < 1.29 is 24.2 Å². The third-order valence-electron chi connectivity index (χ3n) is 3.63. The highest BCUT2D eigenvalue weighted by Crippen LogP contribution is 2.21. The topological polar surface area (TPSA) is 104 Å². The van der Waals surface area contributed by atoms with Gasteiger partial charge >= 0.3 is 5.97 Å². The van der Waals surface area contributed by atoms with Gasteiger partial charge in [-0.2, -0.15) is 5.10 Å². The molecule has 0 aliphatic heterocycles. The highest BCUT2D eigenvalue weighted by Gasteiger charge is 2.25. The molecule has 0 radical (unpaired) electrons. The number of nitrogens with zero attached hydrogens (tertiary/aromatic N) is 2. The van der Waals surface area contributed by atoms with Gasteiger partial charge < -0.3 is 15.5 Å². The van der Waals surface area contributed by atoms with Gasteiger partial charge in [-0.05, 0) is 43.0 Å². The molecule has 134 valence electrons. The van der Waals surface area contributed by atoms with Gasteiger partial charge in [-0.15, -0.1) is 0 Å². The summed E-state index contributed by atoms with van der Waals surface area (Å²) in [5, 5.41) is 25.5. The molecule has 0 bridgehead atoms. The fraction of sp³-hybridized carbons (Fsp3) is 0.353. The van der Waals surface area contributed by atoms with Crippen LogP contribution in [0.2, 0.25) is 0 Å². The van der Waals surface area contributed by atoms with Gasteiger partial charge in [0.2, 0.25) is 0 Å². The smallest absolute Gasteiger partial charge is 0.326 e. The summed E-state index contributed by atoms with van der Waals surface area (Å²) >= 11 is 0. The summed E-state index contributed by atoms with van der Waals surface area (Å²) < 4.78 is 14.4. The molecule has 1 unspecified atom stereocenters. The third-order valence-corrected chi connectivity index (χ3v) is 3.63. The van der Waals surface area contributed by atoms with E-state index < -0.39 is 29.5 Å². The third kappa shape index (κ3) is 4.34. The number of halogens is 1. The number of benzene rings is 1. The highest BCUT2D eigenvalue weighted by atomic mass is 19.1. The van der Waals surface area contributed by atoms with E-state index in [1.807, 2.05) is 13.8 Å². The lowest BCUT2D eigenvalue weighted by atomic mass is 10.0. The second-order valence-electron chi connectivity index (χ2n) is 6.23. The van der Waals surface area contributed by atoms with Gasteiger partial charge in [0.05, 0.1) is 11.9 Å². The number of amides is 1. The average Bonchev–Trinajstić information content (AvgIpc) is 2.87. The number of nitrogens with one attached hydrogen (secondary N) is 1. The number of aromatic hydroxyl groups is 1. The number of hydrogen-bond donors (Lipinski definition) is 3. The number of aromatic nitrogens is 2. The second kappa shape index (κ2) is 7.33. The molecule has 0 aliphatic carbocycles. The number of aliphatic carboxylic acids is 1. The van der Waals surface area contributed by atoms with E-state index in [2.05, 4.69) is 10.4 Å². The van der Waals surface area contributed by atoms with E-state index in [-0.39, 0.29) is 18.0 Å². The maximum atomic E-state index is 13.2. The Labute approximate surface area is 144 Å². The summed E-state index contributed by atoms with van der Waals surface area (Å²) in [6.45, 7) is 5.34. The van der Waals surface area contributed by atoms with E-state index in [4.69, 9.17) is 0 Å². The van der Waals surface area contributed by atoms with Crippen molar-refractivity contribution in [3.05, 3.63) is 41.5 Å². The summed E-state index contributed by atoms with van der Waals surface area (Å²) in [5.41, 5.74) is 0.768. The molecule has 25 heavy (non-hydrogen) atoms. The van der Waals surface area contributed by atoms with Gasteiger partial charge in [-0.1, -0.05) is 13.8 Å². The van der Waals surface area contributed by atoms with Gasteiger partial charge in [0.25, 0.3) is 5.91 Å². The zero-order valence-electron chi connectivity index (χ0n) is 14.2. The minimum atomic E-state index is -1.16. The van der Waals surface area contributed by atoms with Crippen molar-refractivity contribution in [2.75, 3.05) is 0 Å². The molecule has 0 spiro atoms. The Kier molecular flexibility index (Phi) is 5.41. The maximum Gasteiger partial charge on any atom is 0.326 e. The lowest BCUT2D eigenvalue weighted by Gasteiger charge is -2.15. The van der Waals surface area contributed by atoms with Crippen LogP contribution in [0.5, 0.6) is 5.75 Å². The summed E-state index contributed by atoms with van der Waals surface area (Å²) in [6, 6.07) is 2.93. The van der Waals surface area contributed by atoms with Crippen molar-refractivity contribution in [3.63, 3.8) is 0 Å². The van der Waals surface area contributed by atoms with Crippen LogP contribution in [-0.4, -0.2) is 37.9 Å². The molecule has 1 heterocycles. The number of rotatable bonds is 6. The summed E-state index contributed by atoms with van der Waals surface area (Å²) in [5.74, 6) is -2.68. The molecule has 3 N–H and O–H groups in total. The van der Waals surface area contributed by atoms with Crippen LogP contribution in [0.1, 0.15) is 36.3 Å². The Morgan fingerprint density at radius 2 is 2.04 bits per heavy atom. The SMILES string of the molecule is Cc1cc(F)ccc1-n1cc(O)c(C(=O)NC(CC(C)C)C(=O)O)n1. The van der Waals surface area contributed by atoms with Crippen molar-refractivity contribution >= 4 is 11.9 Å². The molecular formula is C17H20FN3O4. The molecule has 1 atom stereocenters. The monoisotopic (exact) mass is 349 g/mol. The summed E-state index contributed by atoms with van der Waals surface area (Å²) in [4.78, 5) is 23.5. The molecule has 7 nitrogen and oxygen atoms in total. The molecule has 0 aliphatic rings. The fourth-order valence-electron chi connectivity index (χ4n) is 2.45. The maximum absolute atomic E-state index is 13.2. The zero-order chi connectivity index (χ0) is 18.7. The Balaban J connectivity index is 2.26. The minimum absolute atomic E-state index is 0.0643. The Hall–Kier alpha value is -2.90. The predicted octanol–water partition coefficient (Wildman–Crippen LogP) is 2.25. The van der Waals surface area contributed by atoms with Gasteiger partial charge in [-0.3, -0.25) is 4.79 Å². The van der Waals surface area contributed by atoms with E-state index in [0.29, 0.717) is 11.3 Å². The van der Waals surface area contributed by atoms with Crippen LogP contribution < -0.4 is 5.32 Å². The van der Waals surface area contributed by atoms with E-state index >= 15 is 0 Å². The molecule has 0 fully saturated rings. The van der Waals surface area contributed by atoms with Crippen LogP contribution in [0.15, 0.2) is 24.4 Å².